The second kappa shape index (κ2) is 6.37. The summed E-state index contributed by atoms with van der Waals surface area (Å²) in [5.41, 5.74) is 0.491. The Morgan fingerprint density at radius 1 is 1.35 bits per heavy atom. The van der Waals surface area contributed by atoms with Crippen molar-refractivity contribution in [2.24, 2.45) is 0 Å². The number of hydrogen-bond donors (Lipinski definition) is 2. The van der Waals surface area contributed by atoms with Gasteiger partial charge >= 0.3 is 0 Å². The molecule has 5 nitrogen and oxygen atoms in total. The number of hydrogen-bond acceptors (Lipinski definition) is 4. The molecule has 0 aromatic heterocycles. The van der Waals surface area contributed by atoms with E-state index in [2.05, 4.69) is 10.6 Å². The van der Waals surface area contributed by atoms with E-state index in [-0.39, 0.29) is 22.6 Å². The van der Waals surface area contributed by atoms with Crippen LogP contribution in [0.2, 0.25) is 0 Å². The number of rotatable bonds is 4. The smallest absolute Gasteiger partial charge is 0.251 e. The van der Waals surface area contributed by atoms with Gasteiger partial charge in [0.25, 0.3) is 5.91 Å². The Hall–Kier alpha value is -1.40. The molecule has 0 saturated carbocycles. The average molecular weight is 296 g/mol. The Morgan fingerprint density at radius 2 is 2.05 bits per heavy atom. The van der Waals surface area contributed by atoms with Crippen molar-refractivity contribution in [2.45, 2.75) is 30.7 Å². The number of carbonyl (C=O) groups is 1. The van der Waals surface area contributed by atoms with Gasteiger partial charge in [-0.05, 0) is 43.7 Å². The Morgan fingerprint density at radius 3 is 2.60 bits per heavy atom. The van der Waals surface area contributed by atoms with Gasteiger partial charge in [-0.25, -0.2) is 8.42 Å². The number of sulfone groups is 1. The van der Waals surface area contributed by atoms with E-state index >= 15 is 0 Å². The SMILES string of the molecule is CCS(=O)(=O)c1ccc(C(=O)NC2CCCNC2)cc1. The van der Waals surface area contributed by atoms with Crippen molar-refractivity contribution < 1.29 is 13.2 Å². The lowest BCUT2D eigenvalue weighted by molar-refractivity contribution is 0.0930. The zero-order valence-corrected chi connectivity index (χ0v) is 12.4. The van der Waals surface area contributed by atoms with Gasteiger partial charge in [-0.2, -0.15) is 0 Å². The fourth-order valence-electron chi connectivity index (χ4n) is 2.22. The predicted molar refractivity (Wildman–Crippen MR) is 77.5 cm³/mol. The van der Waals surface area contributed by atoms with Crippen molar-refractivity contribution in [1.29, 1.82) is 0 Å². The van der Waals surface area contributed by atoms with Gasteiger partial charge < -0.3 is 10.6 Å². The lowest BCUT2D eigenvalue weighted by atomic mass is 10.1. The maximum absolute atomic E-state index is 12.1. The lowest BCUT2D eigenvalue weighted by Crippen LogP contribution is -2.45. The first-order valence-electron chi connectivity index (χ1n) is 6.87. The summed E-state index contributed by atoms with van der Waals surface area (Å²) in [5.74, 6) is -0.0918. The molecule has 1 amide bonds. The minimum Gasteiger partial charge on any atom is -0.348 e. The fraction of sp³-hybridized carbons (Fsp3) is 0.500. The van der Waals surface area contributed by atoms with Crippen molar-refractivity contribution in [3.8, 4) is 0 Å². The number of amides is 1. The van der Waals surface area contributed by atoms with E-state index in [1.54, 1.807) is 19.1 Å². The molecule has 2 N–H and O–H groups in total. The summed E-state index contributed by atoms with van der Waals surface area (Å²) in [7, 11) is -3.21. The van der Waals surface area contributed by atoms with Gasteiger partial charge in [-0.15, -0.1) is 0 Å². The maximum atomic E-state index is 12.1. The Kier molecular flexibility index (Phi) is 4.77. The molecule has 6 heteroatoms. The van der Waals surface area contributed by atoms with Crippen molar-refractivity contribution >= 4 is 15.7 Å². The summed E-state index contributed by atoms with van der Waals surface area (Å²) in [6.07, 6.45) is 2.03. The first kappa shape index (κ1) is 15.0. The molecule has 1 aliphatic heterocycles. The van der Waals surface area contributed by atoms with Crippen LogP contribution in [0.1, 0.15) is 30.1 Å². The van der Waals surface area contributed by atoms with Gasteiger partial charge in [0.2, 0.25) is 0 Å². The number of piperidine rings is 1. The topological polar surface area (TPSA) is 75.3 Å². The molecule has 1 aromatic carbocycles. The van der Waals surface area contributed by atoms with Crippen LogP contribution in [0.5, 0.6) is 0 Å². The van der Waals surface area contributed by atoms with Gasteiger partial charge in [0.1, 0.15) is 0 Å². The molecule has 0 radical (unpaired) electrons. The molecule has 1 unspecified atom stereocenters. The van der Waals surface area contributed by atoms with Crippen LogP contribution in [0, 0.1) is 0 Å². The molecule has 1 atom stereocenters. The first-order chi connectivity index (χ1) is 9.53. The quantitative estimate of drug-likeness (QED) is 0.868. The molecule has 0 bridgehead atoms. The largest absolute Gasteiger partial charge is 0.348 e. The molecule has 0 aliphatic carbocycles. The summed E-state index contributed by atoms with van der Waals surface area (Å²) < 4.78 is 23.4. The number of nitrogens with one attached hydrogen (secondary N) is 2. The van der Waals surface area contributed by atoms with Crippen LogP contribution in [0.15, 0.2) is 29.2 Å². The number of carbonyl (C=O) groups excluding carboxylic acids is 1. The maximum Gasteiger partial charge on any atom is 0.251 e. The molecule has 1 saturated heterocycles. The predicted octanol–water partition coefficient (Wildman–Crippen LogP) is 0.962. The highest BCUT2D eigenvalue weighted by atomic mass is 32.2. The third-order valence-electron chi connectivity index (χ3n) is 3.49. The minimum atomic E-state index is -3.21. The van der Waals surface area contributed by atoms with Gasteiger partial charge in [-0.1, -0.05) is 6.92 Å². The molecular formula is C14H20N2O3S. The normalized spacial score (nSPS) is 19.6. The van der Waals surface area contributed by atoms with Crippen LogP contribution in [0.25, 0.3) is 0 Å². The van der Waals surface area contributed by atoms with Crippen molar-refractivity contribution in [1.82, 2.24) is 10.6 Å². The monoisotopic (exact) mass is 296 g/mol. The molecule has 110 valence electrons. The van der Waals surface area contributed by atoms with Crippen LogP contribution in [-0.4, -0.2) is 39.2 Å². The summed E-state index contributed by atoms with van der Waals surface area (Å²) in [5, 5.41) is 6.19. The van der Waals surface area contributed by atoms with E-state index in [9.17, 15) is 13.2 Å². The van der Waals surface area contributed by atoms with E-state index in [1.807, 2.05) is 0 Å². The fourth-order valence-corrected chi connectivity index (χ4v) is 3.11. The average Bonchev–Trinajstić information content (AvgIpc) is 2.48. The zero-order chi connectivity index (χ0) is 14.6. The second-order valence-corrected chi connectivity index (χ2v) is 7.22. The molecule has 0 spiro atoms. The van der Waals surface area contributed by atoms with E-state index < -0.39 is 9.84 Å². The van der Waals surface area contributed by atoms with Gasteiger partial charge in [-0.3, -0.25) is 4.79 Å². The summed E-state index contributed by atoms with van der Waals surface area (Å²) >= 11 is 0. The standard InChI is InChI=1S/C14H20N2O3S/c1-2-20(18,19)13-7-5-11(6-8-13)14(17)16-12-4-3-9-15-10-12/h5-8,12,15H,2-4,9-10H2,1H3,(H,16,17). The summed E-state index contributed by atoms with van der Waals surface area (Å²) in [4.78, 5) is 12.3. The van der Waals surface area contributed by atoms with Crippen LogP contribution < -0.4 is 10.6 Å². The summed E-state index contributed by atoms with van der Waals surface area (Å²) in [6, 6.07) is 6.26. The Bertz CT molecular complexity index is 561. The second-order valence-electron chi connectivity index (χ2n) is 4.94. The highest BCUT2D eigenvalue weighted by molar-refractivity contribution is 7.91. The molecule has 20 heavy (non-hydrogen) atoms. The van der Waals surface area contributed by atoms with E-state index in [0.717, 1.165) is 25.9 Å². The van der Waals surface area contributed by atoms with Crippen LogP contribution in [0.3, 0.4) is 0 Å². The van der Waals surface area contributed by atoms with Gasteiger partial charge in [0.15, 0.2) is 9.84 Å². The molecule has 1 aliphatic rings. The van der Waals surface area contributed by atoms with Crippen molar-refractivity contribution in [3.05, 3.63) is 29.8 Å². The van der Waals surface area contributed by atoms with E-state index in [0.29, 0.717) is 5.56 Å². The summed E-state index contributed by atoms with van der Waals surface area (Å²) in [6.45, 7) is 3.38. The van der Waals surface area contributed by atoms with E-state index in [1.165, 1.54) is 12.1 Å². The van der Waals surface area contributed by atoms with Crippen LogP contribution in [-0.2, 0) is 9.84 Å². The third-order valence-corrected chi connectivity index (χ3v) is 5.24. The minimum absolute atomic E-state index is 0.0618. The highest BCUT2D eigenvalue weighted by Gasteiger charge is 2.17. The molecular weight excluding hydrogens is 276 g/mol. The Balaban J connectivity index is 2.04. The Labute approximate surface area is 119 Å². The molecule has 1 heterocycles. The molecule has 1 fully saturated rings. The zero-order valence-electron chi connectivity index (χ0n) is 11.6. The van der Waals surface area contributed by atoms with Gasteiger partial charge in [0, 0.05) is 18.2 Å². The number of benzene rings is 1. The first-order valence-corrected chi connectivity index (χ1v) is 8.52. The van der Waals surface area contributed by atoms with Crippen molar-refractivity contribution in [2.75, 3.05) is 18.8 Å². The van der Waals surface area contributed by atoms with Gasteiger partial charge in [0.05, 0.1) is 10.6 Å². The van der Waals surface area contributed by atoms with Crippen LogP contribution in [0.4, 0.5) is 0 Å². The highest BCUT2D eigenvalue weighted by Crippen LogP contribution is 2.13. The molecule has 1 aromatic rings. The van der Waals surface area contributed by atoms with Crippen LogP contribution >= 0.6 is 0 Å². The lowest BCUT2D eigenvalue weighted by Gasteiger charge is -2.23. The third kappa shape index (κ3) is 3.58. The molecule has 2 rings (SSSR count). The van der Waals surface area contributed by atoms with E-state index in [4.69, 9.17) is 0 Å². The van der Waals surface area contributed by atoms with Crippen molar-refractivity contribution in [3.63, 3.8) is 0 Å².